The zero-order chi connectivity index (χ0) is 28.8. The van der Waals surface area contributed by atoms with Crippen molar-refractivity contribution in [3.05, 3.63) is 49.6 Å². The standard InChI is InChI=1S/C29H37N5O6/c1-6-14-32(17-33-20-11-9-8-10-19(20)30-31-33)26(37)24-29-13-12-28(5,40-29)23(27(38)39-15-7-2)22(29)25(36)34(24)21(16-35)18(3)4/h6-11,18,21-24,35H,1-2,12-17H2,3-5H3/t21-,22-,23+,24?,28-,29?/m0/s1. The van der Waals surface area contributed by atoms with Crippen LogP contribution in [-0.4, -0.2) is 90.7 Å². The van der Waals surface area contributed by atoms with E-state index in [1.165, 1.54) is 11.0 Å². The van der Waals surface area contributed by atoms with Crippen LogP contribution in [-0.2, 0) is 30.5 Å². The first kappa shape index (κ1) is 28.0. The van der Waals surface area contributed by atoms with E-state index in [9.17, 15) is 19.5 Å². The molecule has 1 N–H and O–H groups in total. The number of nitrogens with zero attached hydrogens (tertiary/aromatic N) is 5. The molecule has 214 valence electrons. The molecular formula is C29H37N5O6. The summed E-state index contributed by atoms with van der Waals surface area (Å²) in [6, 6.07) is 5.73. The Kier molecular flexibility index (Phi) is 7.30. The van der Waals surface area contributed by atoms with Crippen LogP contribution in [0.25, 0.3) is 11.0 Å². The molecule has 3 aliphatic rings. The molecule has 1 spiro atoms. The van der Waals surface area contributed by atoms with Gasteiger partial charge in [-0.25, -0.2) is 4.68 Å². The van der Waals surface area contributed by atoms with Gasteiger partial charge in [-0.1, -0.05) is 49.9 Å². The van der Waals surface area contributed by atoms with E-state index in [1.807, 2.05) is 45.0 Å². The first-order chi connectivity index (χ1) is 19.1. The molecular weight excluding hydrogens is 514 g/mol. The van der Waals surface area contributed by atoms with Gasteiger partial charge in [-0.15, -0.1) is 11.7 Å². The van der Waals surface area contributed by atoms with Gasteiger partial charge < -0.3 is 24.4 Å². The highest BCUT2D eigenvalue weighted by atomic mass is 16.6. The number of amides is 2. The number of fused-ring (bicyclic) bond motifs is 2. The summed E-state index contributed by atoms with van der Waals surface area (Å²) < 4.78 is 13.7. The highest BCUT2D eigenvalue weighted by molar-refractivity contribution is 5.98. The fraction of sp³-hybridized carbons (Fsp3) is 0.552. The number of carbonyl (C=O) groups is 3. The quantitative estimate of drug-likeness (QED) is 0.332. The largest absolute Gasteiger partial charge is 0.461 e. The van der Waals surface area contributed by atoms with Gasteiger partial charge >= 0.3 is 5.97 Å². The van der Waals surface area contributed by atoms with Crippen LogP contribution in [0.4, 0.5) is 0 Å². The van der Waals surface area contributed by atoms with Gasteiger partial charge in [0, 0.05) is 6.54 Å². The van der Waals surface area contributed by atoms with E-state index in [4.69, 9.17) is 9.47 Å². The fourth-order valence-corrected chi connectivity index (χ4v) is 6.94. The van der Waals surface area contributed by atoms with Crippen LogP contribution in [0, 0.1) is 17.8 Å². The lowest BCUT2D eigenvalue weighted by atomic mass is 9.66. The van der Waals surface area contributed by atoms with Crippen molar-refractivity contribution in [2.24, 2.45) is 17.8 Å². The monoisotopic (exact) mass is 551 g/mol. The molecule has 0 saturated carbocycles. The number of esters is 1. The summed E-state index contributed by atoms with van der Waals surface area (Å²) in [5.41, 5.74) is -0.754. The SMILES string of the molecule is C=CCOC(=O)[C@H]1[C@H]2C(=O)N([C@@H](CO)C(C)C)C(C(=O)N(CC=C)Cn3nnc4ccccc43)C23CC[C@]1(C)O3. The van der Waals surface area contributed by atoms with Crippen LogP contribution in [0.15, 0.2) is 49.6 Å². The molecule has 4 heterocycles. The molecule has 0 aliphatic carbocycles. The Bertz CT molecular complexity index is 1340. The highest BCUT2D eigenvalue weighted by Crippen LogP contribution is 2.64. The van der Waals surface area contributed by atoms with Gasteiger partial charge in [0.05, 0.1) is 29.7 Å². The van der Waals surface area contributed by atoms with Crippen LogP contribution in [0.2, 0.25) is 0 Å². The van der Waals surface area contributed by atoms with Gasteiger partial charge in [0.25, 0.3) is 0 Å². The third-order valence-corrected chi connectivity index (χ3v) is 8.75. The van der Waals surface area contributed by atoms with Crippen molar-refractivity contribution in [3.63, 3.8) is 0 Å². The van der Waals surface area contributed by atoms with Crippen molar-refractivity contribution in [2.75, 3.05) is 19.8 Å². The number of carbonyl (C=O) groups excluding carboxylic acids is 3. The maximum atomic E-state index is 14.6. The smallest absolute Gasteiger partial charge is 0.313 e. The molecule has 0 radical (unpaired) electrons. The van der Waals surface area contributed by atoms with Gasteiger partial charge in [-0.05, 0) is 37.8 Å². The number of hydrogen-bond donors (Lipinski definition) is 1. The number of hydrogen-bond acceptors (Lipinski definition) is 8. The molecule has 2 bridgehead atoms. The number of para-hydroxylation sites is 1. The number of aromatic nitrogens is 3. The lowest BCUT2D eigenvalue weighted by molar-refractivity contribution is -0.162. The molecule has 11 nitrogen and oxygen atoms in total. The topological polar surface area (TPSA) is 127 Å². The second-order valence-electron chi connectivity index (χ2n) is 11.5. The molecule has 11 heteroatoms. The molecule has 3 aliphatic heterocycles. The maximum absolute atomic E-state index is 14.6. The predicted octanol–water partition coefficient (Wildman–Crippen LogP) is 1.91. The van der Waals surface area contributed by atoms with Crippen molar-refractivity contribution >= 4 is 28.8 Å². The predicted molar refractivity (Wildman–Crippen MR) is 145 cm³/mol. The van der Waals surface area contributed by atoms with Gasteiger partial charge in [-0.2, -0.15) is 0 Å². The van der Waals surface area contributed by atoms with E-state index < -0.39 is 41.1 Å². The molecule has 40 heavy (non-hydrogen) atoms. The molecule has 3 fully saturated rings. The van der Waals surface area contributed by atoms with E-state index in [0.29, 0.717) is 18.4 Å². The molecule has 6 atom stereocenters. The molecule has 2 amide bonds. The minimum absolute atomic E-state index is 0.00955. The molecule has 1 aromatic carbocycles. The van der Waals surface area contributed by atoms with E-state index in [1.54, 1.807) is 15.7 Å². The van der Waals surface area contributed by atoms with Crippen LogP contribution < -0.4 is 0 Å². The Hall–Kier alpha value is -3.57. The van der Waals surface area contributed by atoms with Crippen molar-refractivity contribution in [1.29, 1.82) is 0 Å². The molecule has 2 aromatic rings. The van der Waals surface area contributed by atoms with Crippen molar-refractivity contribution in [1.82, 2.24) is 24.8 Å². The Balaban J connectivity index is 1.58. The lowest BCUT2D eigenvalue weighted by Gasteiger charge is -2.40. The Morgan fingerprint density at radius 1 is 1.27 bits per heavy atom. The van der Waals surface area contributed by atoms with Crippen LogP contribution >= 0.6 is 0 Å². The summed E-state index contributed by atoms with van der Waals surface area (Å²) >= 11 is 0. The number of aliphatic hydroxyl groups is 1. The first-order valence-electron chi connectivity index (χ1n) is 13.7. The fourth-order valence-electron chi connectivity index (χ4n) is 6.94. The third-order valence-electron chi connectivity index (χ3n) is 8.75. The summed E-state index contributed by atoms with van der Waals surface area (Å²) in [4.78, 5) is 45.2. The minimum Gasteiger partial charge on any atom is -0.461 e. The zero-order valence-electron chi connectivity index (χ0n) is 23.2. The minimum atomic E-state index is -1.24. The van der Waals surface area contributed by atoms with Crippen LogP contribution in [0.5, 0.6) is 0 Å². The summed E-state index contributed by atoms with van der Waals surface area (Å²) in [5, 5.41) is 18.9. The number of ether oxygens (including phenoxy) is 2. The molecule has 2 unspecified atom stereocenters. The second-order valence-corrected chi connectivity index (χ2v) is 11.5. The molecule has 1 aromatic heterocycles. The van der Waals surface area contributed by atoms with E-state index in [-0.39, 0.29) is 44.2 Å². The molecule has 3 saturated heterocycles. The van der Waals surface area contributed by atoms with Crippen molar-refractivity contribution in [2.45, 2.75) is 63.6 Å². The van der Waals surface area contributed by atoms with Crippen LogP contribution in [0.3, 0.4) is 0 Å². The van der Waals surface area contributed by atoms with Gasteiger partial charge in [0.15, 0.2) is 0 Å². The number of aliphatic hydroxyl groups excluding tert-OH is 1. The normalized spacial score (nSPS) is 29.6. The van der Waals surface area contributed by atoms with Gasteiger partial charge in [0.2, 0.25) is 11.8 Å². The van der Waals surface area contributed by atoms with E-state index in [2.05, 4.69) is 23.5 Å². The molecule has 5 rings (SSSR count). The Morgan fingerprint density at radius 2 is 2.02 bits per heavy atom. The van der Waals surface area contributed by atoms with Crippen molar-refractivity contribution < 1.29 is 29.0 Å². The summed E-state index contributed by atoms with van der Waals surface area (Å²) in [6.45, 7) is 13.0. The van der Waals surface area contributed by atoms with Crippen LogP contribution in [0.1, 0.15) is 33.6 Å². The summed E-state index contributed by atoms with van der Waals surface area (Å²) in [6.07, 6.45) is 4.00. The average molecular weight is 552 g/mol. The van der Waals surface area contributed by atoms with E-state index in [0.717, 1.165) is 5.52 Å². The number of rotatable bonds is 11. The van der Waals surface area contributed by atoms with Gasteiger partial charge in [-0.3, -0.25) is 14.4 Å². The summed E-state index contributed by atoms with van der Waals surface area (Å²) in [5.74, 6) is -3.24. The third kappa shape index (κ3) is 4.14. The summed E-state index contributed by atoms with van der Waals surface area (Å²) in [7, 11) is 0. The first-order valence-corrected chi connectivity index (χ1v) is 13.7. The Morgan fingerprint density at radius 3 is 2.70 bits per heavy atom. The maximum Gasteiger partial charge on any atom is 0.313 e. The van der Waals surface area contributed by atoms with Crippen molar-refractivity contribution in [3.8, 4) is 0 Å². The Labute approximate surface area is 233 Å². The highest BCUT2D eigenvalue weighted by Gasteiger charge is 2.79. The zero-order valence-corrected chi connectivity index (χ0v) is 23.2. The average Bonchev–Trinajstić information content (AvgIpc) is 3.63. The number of likely N-dealkylation sites (tertiary alicyclic amines) is 1. The number of benzene rings is 1. The lowest BCUT2D eigenvalue weighted by Crippen LogP contribution is -2.59. The van der Waals surface area contributed by atoms with Gasteiger partial charge in [0.1, 0.15) is 36.4 Å². The van der Waals surface area contributed by atoms with E-state index >= 15 is 0 Å². The second kappa shape index (κ2) is 10.4.